The number of rotatable bonds is 7. The van der Waals surface area contributed by atoms with E-state index in [1.165, 1.54) is 6.07 Å². The average Bonchev–Trinajstić information content (AvgIpc) is 2.46. The molecule has 0 saturated heterocycles. The summed E-state index contributed by atoms with van der Waals surface area (Å²) >= 11 is 0. The molecule has 0 aliphatic rings. The summed E-state index contributed by atoms with van der Waals surface area (Å²) in [6.45, 7) is 4.38. The molecule has 0 fully saturated rings. The predicted molar refractivity (Wildman–Crippen MR) is 77.7 cm³/mol. The third-order valence-electron chi connectivity index (χ3n) is 3.38. The SMILES string of the molecule is CCC(CC)N(CCO)c1ccc(C(N)=NO)cc1F. The number of hydrogen-bond acceptors (Lipinski definition) is 4. The lowest BCUT2D eigenvalue weighted by Gasteiger charge is -2.32. The van der Waals surface area contributed by atoms with Crippen molar-refractivity contribution in [3.05, 3.63) is 29.6 Å². The van der Waals surface area contributed by atoms with Crippen LogP contribution in [0.25, 0.3) is 0 Å². The van der Waals surface area contributed by atoms with Crippen LogP contribution in [0.5, 0.6) is 0 Å². The van der Waals surface area contributed by atoms with Crippen LogP contribution in [-0.2, 0) is 0 Å². The van der Waals surface area contributed by atoms with E-state index in [0.29, 0.717) is 17.8 Å². The lowest BCUT2D eigenvalue weighted by molar-refractivity contribution is 0.295. The molecule has 0 radical (unpaired) electrons. The molecule has 112 valence electrons. The number of benzene rings is 1. The fourth-order valence-corrected chi connectivity index (χ4v) is 2.29. The Kier molecular flexibility index (Phi) is 6.24. The van der Waals surface area contributed by atoms with Crippen molar-refractivity contribution in [1.29, 1.82) is 0 Å². The first-order valence-corrected chi connectivity index (χ1v) is 6.73. The minimum atomic E-state index is -0.450. The summed E-state index contributed by atoms with van der Waals surface area (Å²) in [6.07, 6.45) is 1.72. The molecule has 4 N–H and O–H groups in total. The highest BCUT2D eigenvalue weighted by molar-refractivity contribution is 5.97. The molecule has 0 atom stereocenters. The molecule has 0 aromatic heterocycles. The molecule has 1 aromatic carbocycles. The van der Waals surface area contributed by atoms with Crippen LogP contribution in [-0.4, -0.2) is 35.3 Å². The van der Waals surface area contributed by atoms with E-state index in [9.17, 15) is 9.50 Å². The molecule has 6 heteroatoms. The normalized spacial score (nSPS) is 11.9. The first-order valence-electron chi connectivity index (χ1n) is 6.73. The molecule has 20 heavy (non-hydrogen) atoms. The zero-order valence-corrected chi connectivity index (χ0v) is 11.9. The zero-order valence-electron chi connectivity index (χ0n) is 11.9. The number of aliphatic hydroxyl groups excluding tert-OH is 1. The maximum Gasteiger partial charge on any atom is 0.170 e. The number of anilines is 1. The molecule has 1 aromatic rings. The van der Waals surface area contributed by atoms with E-state index in [4.69, 9.17) is 10.9 Å². The average molecular weight is 283 g/mol. The highest BCUT2D eigenvalue weighted by atomic mass is 19.1. The van der Waals surface area contributed by atoms with Gasteiger partial charge in [0, 0.05) is 18.2 Å². The topological polar surface area (TPSA) is 82.1 Å². The Morgan fingerprint density at radius 3 is 2.50 bits per heavy atom. The molecule has 0 bridgehead atoms. The first kappa shape index (κ1) is 16.2. The first-order chi connectivity index (χ1) is 9.58. The molecule has 0 amide bonds. The van der Waals surface area contributed by atoms with Gasteiger partial charge in [-0.2, -0.15) is 0 Å². The number of oxime groups is 1. The second-order valence-corrected chi connectivity index (χ2v) is 4.54. The Labute approximate surface area is 118 Å². The van der Waals surface area contributed by atoms with Gasteiger partial charge in [-0.25, -0.2) is 4.39 Å². The summed E-state index contributed by atoms with van der Waals surface area (Å²) in [4.78, 5) is 1.85. The van der Waals surface area contributed by atoms with Crippen LogP contribution in [0.4, 0.5) is 10.1 Å². The lowest BCUT2D eigenvalue weighted by Crippen LogP contribution is -2.37. The van der Waals surface area contributed by atoms with Gasteiger partial charge in [0.1, 0.15) is 5.82 Å². The van der Waals surface area contributed by atoms with Crippen LogP contribution in [0.2, 0.25) is 0 Å². The van der Waals surface area contributed by atoms with Crippen molar-refractivity contribution in [3.63, 3.8) is 0 Å². The Morgan fingerprint density at radius 1 is 1.40 bits per heavy atom. The molecule has 0 saturated carbocycles. The van der Waals surface area contributed by atoms with Crippen molar-refractivity contribution in [2.24, 2.45) is 10.9 Å². The zero-order chi connectivity index (χ0) is 15.1. The second kappa shape index (κ2) is 7.69. The summed E-state index contributed by atoms with van der Waals surface area (Å²) in [5, 5.41) is 20.6. The van der Waals surface area contributed by atoms with Crippen LogP contribution in [0, 0.1) is 5.82 Å². The molecule has 0 unspecified atom stereocenters. The summed E-state index contributed by atoms with van der Waals surface area (Å²) < 4.78 is 14.2. The van der Waals surface area contributed by atoms with Crippen molar-refractivity contribution in [1.82, 2.24) is 0 Å². The Bertz CT molecular complexity index is 462. The van der Waals surface area contributed by atoms with E-state index >= 15 is 0 Å². The van der Waals surface area contributed by atoms with Gasteiger partial charge in [-0.1, -0.05) is 19.0 Å². The molecule has 0 spiro atoms. The third kappa shape index (κ3) is 3.60. The second-order valence-electron chi connectivity index (χ2n) is 4.54. The number of hydrogen-bond donors (Lipinski definition) is 3. The molecule has 0 aliphatic heterocycles. The maximum atomic E-state index is 14.2. The quantitative estimate of drug-likeness (QED) is 0.309. The van der Waals surface area contributed by atoms with Crippen LogP contribution >= 0.6 is 0 Å². The van der Waals surface area contributed by atoms with Gasteiger partial charge in [-0.05, 0) is 31.0 Å². The number of amidine groups is 1. The van der Waals surface area contributed by atoms with Crippen molar-refractivity contribution in [2.75, 3.05) is 18.1 Å². The minimum Gasteiger partial charge on any atom is -0.409 e. The Hall–Kier alpha value is -1.82. The van der Waals surface area contributed by atoms with Crippen molar-refractivity contribution in [3.8, 4) is 0 Å². The van der Waals surface area contributed by atoms with E-state index in [2.05, 4.69) is 5.16 Å². The Balaban J connectivity index is 3.14. The van der Waals surface area contributed by atoms with E-state index in [-0.39, 0.29) is 18.5 Å². The van der Waals surface area contributed by atoms with Crippen molar-refractivity contribution < 1.29 is 14.7 Å². The van der Waals surface area contributed by atoms with E-state index in [0.717, 1.165) is 12.8 Å². The van der Waals surface area contributed by atoms with Gasteiger partial charge in [-0.3, -0.25) is 0 Å². The predicted octanol–water partition coefficient (Wildman–Crippen LogP) is 1.91. The molecule has 1 rings (SSSR count). The van der Waals surface area contributed by atoms with Gasteiger partial charge < -0.3 is 20.9 Å². The van der Waals surface area contributed by atoms with Gasteiger partial charge in [-0.15, -0.1) is 0 Å². The van der Waals surface area contributed by atoms with Gasteiger partial charge in [0.05, 0.1) is 12.3 Å². The monoisotopic (exact) mass is 283 g/mol. The number of nitrogens with two attached hydrogens (primary N) is 1. The number of halogens is 1. The van der Waals surface area contributed by atoms with Gasteiger partial charge in [0.2, 0.25) is 0 Å². The summed E-state index contributed by atoms with van der Waals surface area (Å²) in [7, 11) is 0. The van der Waals surface area contributed by atoms with Crippen LogP contribution in [0.1, 0.15) is 32.3 Å². The van der Waals surface area contributed by atoms with Crippen LogP contribution in [0.3, 0.4) is 0 Å². The van der Waals surface area contributed by atoms with Crippen molar-refractivity contribution >= 4 is 11.5 Å². The molecule has 0 aliphatic carbocycles. The highest BCUT2D eigenvalue weighted by Crippen LogP contribution is 2.24. The summed E-state index contributed by atoms with van der Waals surface area (Å²) in [6, 6.07) is 4.58. The largest absolute Gasteiger partial charge is 0.409 e. The van der Waals surface area contributed by atoms with E-state index < -0.39 is 5.82 Å². The fourth-order valence-electron chi connectivity index (χ4n) is 2.29. The minimum absolute atomic E-state index is 0.0437. The van der Waals surface area contributed by atoms with Gasteiger partial charge >= 0.3 is 0 Å². The molecule has 0 heterocycles. The maximum absolute atomic E-state index is 14.2. The summed E-state index contributed by atoms with van der Waals surface area (Å²) in [5.41, 5.74) is 6.18. The summed E-state index contributed by atoms with van der Waals surface area (Å²) in [5.74, 6) is -0.582. The van der Waals surface area contributed by atoms with Crippen LogP contribution < -0.4 is 10.6 Å². The van der Waals surface area contributed by atoms with E-state index in [1.54, 1.807) is 12.1 Å². The van der Waals surface area contributed by atoms with E-state index in [1.807, 2.05) is 18.7 Å². The third-order valence-corrected chi connectivity index (χ3v) is 3.38. The molecular weight excluding hydrogens is 261 g/mol. The van der Waals surface area contributed by atoms with Gasteiger partial charge in [0.15, 0.2) is 5.84 Å². The standard InChI is InChI=1S/C14H22FN3O2/c1-3-11(4-2)18(7-8-19)13-6-5-10(9-12(13)15)14(16)17-20/h5-6,9,11,19-20H,3-4,7-8H2,1-2H3,(H2,16,17). The number of aliphatic hydroxyl groups is 1. The fraction of sp³-hybridized carbons (Fsp3) is 0.500. The smallest absolute Gasteiger partial charge is 0.170 e. The Morgan fingerprint density at radius 2 is 2.05 bits per heavy atom. The van der Waals surface area contributed by atoms with Crippen molar-refractivity contribution in [2.45, 2.75) is 32.7 Å². The van der Waals surface area contributed by atoms with Crippen LogP contribution in [0.15, 0.2) is 23.4 Å². The molecule has 5 nitrogen and oxygen atoms in total. The van der Waals surface area contributed by atoms with Gasteiger partial charge in [0.25, 0.3) is 0 Å². The lowest BCUT2D eigenvalue weighted by atomic mass is 10.1. The number of nitrogens with zero attached hydrogens (tertiary/aromatic N) is 2. The molecular formula is C14H22FN3O2. The highest BCUT2D eigenvalue weighted by Gasteiger charge is 2.19.